The number of carbonyl (C=O) groups excluding carboxylic acids is 1. The molecule has 0 fully saturated rings. The summed E-state index contributed by atoms with van der Waals surface area (Å²) in [5.41, 5.74) is 1.73. The Labute approximate surface area is 123 Å². The Hall–Kier alpha value is -1.39. The van der Waals surface area contributed by atoms with Gasteiger partial charge in [-0.1, -0.05) is 23.7 Å². The molecule has 0 spiro atoms. The number of aryl methyl sites for hydroxylation is 1. The van der Waals surface area contributed by atoms with Crippen LogP contribution in [0, 0.1) is 12.7 Å². The van der Waals surface area contributed by atoms with E-state index in [0.717, 1.165) is 10.0 Å². The second-order valence-electron chi connectivity index (χ2n) is 4.04. The molecule has 2 nitrogen and oxygen atoms in total. The van der Waals surface area contributed by atoms with Gasteiger partial charge in [0.15, 0.2) is 0 Å². The zero-order valence-electron chi connectivity index (χ0n) is 10.0. The molecular weight excluding hydrogens is 333 g/mol. The fourth-order valence-electron chi connectivity index (χ4n) is 1.60. The van der Waals surface area contributed by atoms with Crippen LogP contribution < -0.4 is 5.32 Å². The van der Waals surface area contributed by atoms with E-state index < -0.39 is 11.7 Å². The molecule has 2 rings (SSSR count). The molecule has 1 N–H and O–H groups in total. The van der Waals surface area contributed by atoms with Crippen molar-refractivity contribution in [2.45, 2.75) is 6.92 Å². The number of anilines is 1. The maximum atomic E-state index is 13.3. The van der Waals surface area contributed by atoms with Crippen LogP contribution in [-0.4, -0.2) is 5.91 Å². The van der Waals surface area contributed by atoms with Crippen LogP contribution in [-0.2, 0) is 0 Å². The molecule has 0 radical (unpaired) electrons. The number of rotatable bonds is 2. The summed E-state index contributed by atoms with van der Waals surface area (Å²) >= 11 is 9.12. The number of carbonyl (C=O) groups is 1. The minimum atomic E-state index is -0.613. The van der Waals surface area contributed by atoms with E-state index in [-0.39, 0.29) is 10.6 Å². The first kappa shape index (κ1) is 14.0. The van der Waals surface area contributed by atoms with E-state index in [4.69, 9.17) is 11.6 Å². The van der Waals surface area contributed by atoms with Gasteiger partial charge in [-0.3, -0.25) is 4.79 Å². The molecule has 98 valence electrons. The van der Waals surface area contributed by atoms with Crippen molar-refractivity contribution in [1.82, 2.24) is 0 Å². The van der Waals surface area contributed by atoms with Crippen molar-refractivity contribution in [3.63, 3.8) is 0 Å². The van der Waals surface area contributed by atoms with Gasteiger partial charge in [0.05, 0.1) is 16.3 Å². The molecular formula is C14H10BrClFNO. The summed E-state index contributed by atoms with van der Waals surface area (Å²) < 4.78 is 14.0. The van der Waals surface area contributed by atoms with E-state index in [0.29, 0.717) is 5.69 Å². The monoisotopic (exact) mass is 341 g/mol. The van der Waals surface area contributed by atoms with Gasteiger partial charge in [-0.15, -0.1) is 0 Å². The smallest absolute Gasteiger partial charge is 0.257 e. The van der Waals surface area contributed by atoms with Crippen LogP contribution in [0.25, 0.3) is 0 Å². The lowest BCUT2D eigenvalue weighted by atomic mass is 10.2. The zero-order chi connectivity index (χ0) is 14.0. The molecule has 0 aliphatic carbocycles. The fraction of sp³-hybridized carbons (Fsp3) is 0.0714. The minimum Gasteiger partial charge on any atom is -0.321 e. The van der Waals surface area contributed by atoms with Crippen molar-refractivity contribution in [1.29, 1.82) is 0 Å². The topological polar surface area (TPSA) is 29.1 Å². The lowest BCUT2D eigenvalue weighted by Crippen LogP contribution is -2.13. The summed E-state index contributed by atoms with van der Waals surface area (Å²) in [6.07, 6.45) is 0. The highest BCUT2D eigenvalue weighted by Gasteiger charge is 2.14. The molecule has 0 aromatic heterocycles. The van der Waals surface area contributed by atoms with Crippen molar-refractivity contribution in [3.8, 4) is 0 Å². The molecule has 0 aliphatic heterocycles. The van der Waals surface area contributed by atoms with Crippen molar-refractivity contribution in [3.05, 3.63) is 62.8 Å². The summed E-state index contributed by atoms with van der Waals surface area (Å²) in [6.45, 7) is 1.91. The third-order valence-corrected chi connectivity index (χ3v) is 3.64. The highest BCUT2D eigenvalue weighted by molar-refractivity contribution is 9.10. The average Bonchev–Trinajstić information content (AvgIpc) is 2.37. The number of nitrogens with one attached hydrogen (secondary N) is 1. The zero-order valence-corrected chi connectivity index (χ0v) is 12.3. The van der Waals surface area contributed by atoms with Gasteiger partial charge in [0.1, 0.15) is 5.82 Å². The first-order valence-electron chi connectivity index (χ1n) is 5.50. The molecule has 0 unspecified atom stereocenters. The molecule has 2 aromatic rings. The Morgan fingerprint density at radius 2 is 2.05 bits per heavy atom. The molecule has 0 aliphatic rings. The Kier molecular flexibility index (Phi) is 4.22. The Morgan fingerprint density at radius 1 is 1.32 bits per heavy atom. The van der Waals surface area contributed by atoms with Gasteiger partial charge >= 0.3 is 0 Å². The van der Waals surface area contributed by atoms with Crippen LogP contribution in [0.1, 0.15) is 15.9 Å². The first-order valence-corrected chi connectivity index (χ1v) is 6.67. The third kappa shape index (κ3) is 3.14. The van der Waals surface area contributed by atoms with Crippen LogP contribution in [0.5, 0.6) is 0 Å². The molecule has 1 amide bonds. The van der Waals surface area contributed by atoms with Crippen LogP contribution in [0.2, 0.25) is 5.02 Å². The summed E-state index contributed by atoms with van der Waals surface area (Å²) in [6, 6.07) is 9.69. The molecule has 0 saturated heterocycles. The van der Waals surface area contributed by atoms with Gasteiger partial charge in [0.25, 0.3) is 5.91 Å². The highest BCUT2D eigenvalue weighted by Crippen LogP contribution is 2.26. The second-order valence-corrected chi connectivity index (χ2v) is 5.27. The van der Waals surface area contributed by atoms with Crippen molar-refractivity contribution in [2.75, 3.05) is 5.32 Å². The fourth-order valence-corrected chi connectivity index (χ4v) is 2.16. The van der Waals surface area contributed by atoms with Crippen molar-refractivity contribution >= 4 is 39.1 Å². The van der Waals surface area contributed by atoms with Gasteiger partial charge in [-0.25, -0.2) is 4.39 Å². The average molecular weight is 343 g/mol. The SMILES string of the molecule is Cc1ccc(Br)c(NC(=O)c2cccc(F)c2Cl)c1. The normalized spacial score (nSPS) is 10.3. The Morgan fingerprint density at radius 3 is 2.79 bits per heavy atom. The molecule has 0 bridgehead atoms. The molecule has 0 atom stereocenters. The molecule has 19 heavy (non-hydrogen) atoms. The van der Waals surface area contributed by atoms with E-state index >= 15 is 0 Å². The summed E-state index contributed by atoms with van der Waals surface area (Å²) in [5, 5.41) is 2.52. The number of halogens is 3. The molecule has 2 aromatic carbocycles. The first-order chi connectivity index (χ1) is 8.99. The van der Waals surface area contributed by atoms with Crippen molar-refractivity contribution in [2.24, 2.45) is 0 Å². The van der Waals surface area contributed by atoms with Gasteiger partial charge < -0.3 is 5.32 Å². The van der Waals surface area contributed by atoms with Gasteiger partial charge in [-0.05, 0) is 52.7 Å². The van der Waals surface area contributed by atoms with Crippen molar-refractivity contribution < 1.29 is 9.18 Å². The van der Waals surface area contributed by atoms with Crippen LogP contribution in [0.3, 0.4) is 0 Å². The number of hydrogen-bond acceptors (Lipinski definition) is 1. The standard InChI is InChI=1S/C14H10BrClFNO/c1-8-5-6-10(15)12(7-8)18-14(19)9-3-2-4-11(17)13(9)16/h2-7H,1H3,(H,18,19). The van der Waals surface area contributed by atoms with E-state index in [1.807, 2.05) is 25.1 Å². The van der Waals surface area contributed by atoms with Gasteiger partial charge in [0, 0.05) is 4.47 Å². The Bertz CT molecular complexity index is 645. The lowest BCUT2D eigenvalue weighted by molar-refractivity contribution is 0.102. The van der Waals surface area contributed by atoms with E-state index in [2.05, 4.69) is 21.2 Å². The predicted octanol–water partition coefficient (Wildman–Crippen LogP) is 4.80. The summed E-state index contributed by atoms with van der Waals surface area (Å²) in [4.78, 5) is 12.1. The maximum Gasteiger partial charge on any atom is 0.257 e. The molecule has 0 saturated carbocycles. The lowest BCUT2D eigenvalue weighted by Gasteiger charge is -2.09. The number of hydrogen-bond donors (Lipinski definition) is 1. The minimum absolute atomic E-state index is 0.107. The van der Waals surface area contributed by atoms with Crippen LogP contribution in [0.15, 0.2) is 40.9 Å². The van der Waals surface area contributed by atoms with Crippen LogP contribution >= 0.6 is 27.5 Å². The third-order valence-electron chi connectivity index (χ3n) is 2.57. The number of amides is 1. The quantitative estimate of drug-likeness (QED) is 0.834. The highest BCUT2D eigenvalue weighted by atomic mass is 79.9. The van der Waals surface area contributed by atoms with Gasteiger partial charge in [-0.2, -0.15) is 0 Å². The van der Waals surface area contributed by atoms with Gasteiger partial charge in [0.2, 0.25) is 0 Å². The van der Waals surface area contributed by atoms with E-state index in [9.17, 15) is 9.18 Å². The second kappa shape index (κ2) is 5.72. The number of benzene rings is 2. The predicted molar refractivity (Wildman–Crippen MR) is 78.2 cm³/mol. The largest absolute Gasteiger partial charge is 0.321 e. The molecule has 5 heteroatoms. The maximum absolute atomic E-state index is 13.3. The summed E-state index contributed by atoms with van der Waals surface area (Å²) in [5.74, 6) is -1.06. The van der Waals surface area contributed by atoms with E-state index in [1.165, 1.54) is 18.2 Å². The van der Waals surface area contributed by atoms with Crippen LogP contribution in [0.4, 0.5) is 10.1 Å². The summed E-state index contributed by atoms with van der Waals surface area (Å²) in [7, 11) is 0. The van der Waals surface area contributed by atoms with E-state index in [1.54, 1.807) is 0 Å². The molecule has 0 heterocycles. The Balaban J connectivity index is 2.31.